The molecule has 0 aliphatic rings. The molecule has 0 spiro atoms. The largest absolute Gasteiger partial charge is 0.486 e. The van der Waals surface area contributed by atoms with Gasteiger partial charge in [-0.3, -0.25) is 0 Å². The molecular formula is C19H14BrFO. The van der Waals surface area contributed by atoms with Crippen molar-refractivity contribution in [2.24, 2.45) is 0 Å². The van der Waals surface area contributed by atoms with Gasteiger partial charge >= 0.3 is 0 Å². The summed E-state index contributed by atoms with van der Waals surface area (Å²) in [5.74, 6) is -0.0823. The average Bonchev–Trinajstić information content (AvgIpc) is 2.55. The minimum absolute atomic E-state index is 0.268. The van der Waals surface area contributed by atoms with Crippen LogP contribution in [0.15, 0.2) is 77.3 Å². The number of hydrogen-bond acceptors (Lipinski definition) is 1. The van der Waals surface area contributed by atoms with Crippen LogP contribution in [0.1, 0.15) is 5.56 Å². The quantitative estimate of drug-likeness (QED) is 0.570. The Kier molecular flexibility index (Phi) is 4.54. The lowest BCUT2D eigenvalue weighted by Gasteiger charge is -2.09. The van der Waals surface area contributed by atoms with E-state index in [1.54, 1.807) is 6.07 Å². The number of halogens is 2. The van der Waals surface area contributed by atoms with E-state index >= 15 is 0 Å². The summed E-state index contributed by atoms with van der Waals surface area (Å²) >= 11 is 3.39. The first-order valence-corrected chi connectivity index (χ1v) is 7.74. The summed E-state index contributed by atoms with van der Waals surface area (Å²) in [7, 11) is 0. The summed E-state index contributed by atoms with van der Waals surface area (Å²) in [4.78, 5) is 0. The zero-order valence-electron chi connectivity index (χ0n) is 11.8. The van der Waals surface area contributed by atoms with Crippen LogP contribution in [0.4, 0.5) is 4.39 Å². The number of ether oxygens (including phenoxy) is 1. The molecule has 0 unspecified atom stereocenters. The van der Waals surface area contributed by atoms with Gasteiger partial charge in [0.25, 0.3) is 0 Å². The molecular weight excluding hydrogens is 343 g/mol. The van der Waals surface area contributed by atoms with Crippen LogP contribution >= 0.6 is 15.9 Å². The molecule has 0 aromatic heterocycles. The van der Waals surface area contributed by atoms with E-state index in [-0.39, 0.29) is 11.6 Å². The van der Waals surface area contributed by atoms with Gasteiger partial charge in [0.15, 0.2) is 11.6 Å². The second-order valence-corrected chi connectivity index (χ2v) is 5.84. The van der Waals surface area contributed by atoms with Crippen molar-refractivity contribution >= 4 is 15.9 Å². The van der Waals surface area contributed by atoms with Crippen LogP contribution in [-0.4, -0.2) is 0 Å². The van der Waals surface area contributed by atoms with Crippen LogP contribution in [0.3, 0.4) is 0 Å². The van der Waals surface area contributed by atoms with Crippen LogP contribution in [0.2, 0.25) is 0 Å². The molecule has 0 aliphatic heterocycles. The lowest BCUT2D eigenvalue weighted by molar-refractivity contribution is 0.290. The smallest absolute Gasteiger partial charge is 0.165 e. The van der Waals surface area contributed by atoms with Gasteiger partial charge in [-0.15, -0.1) is 0 Å². The third-order valence-corrected chi connectivity index (χ3v) is 3.88. The molecule has 0 saturated heterocycles. The average molecular weight is 357 g/mol. The van der Waals surface area contributed by atoms with E-state index in [1.165, 1.54) is 6.07 Å². The highest BCUT2D eigenvalue weighted by Gasteiger charge is 2.06. The number of benzene rings is 3. The van der Waals surface area contributed by atoms with Gasteiger partial charge in [0.05, 0.1) is 0 Å². The third kappa shape index (κ3) is 3.55. The predicted molar refractivity (Wildman–Crippen MR) is 90.3 cm³/mol. The second kappa shape index (κ2) is 6.75. The first-order chi connectivity index (χ1) is 10.7. The maximum absolute atomic E-state index is 14.2. The minimum atomic E-state index is -0.351. The molecule has 3 aromatic rings. The molecule has 0 N–H and O–H groups in total. The van der Waals surface area contributed by atoms with Crippen LogP contribution in [-0.2, 0) is 6.61 Å². The van der Waals surface area contributed by atoms with E-state index in [9.17, 15) is 4.39 Å². The Bertz CT molecular complexity index is 754. The van der Waals surface area contributed by atoms with Crippen LogP contribution < -0.4 is 4.74 Å². The standard InChI is InChI=1S/C19H14BrFO/c20-17-9-6-15(7-10-17)16-8-11-19(18(21)12-16)22-13-14-4-2-1-3-5-14/h1-12H,13H2. The second-order valence-electron chi connectivity index (χ2n) is 4.93. The normalized spacial score (nSPS) is 10.5. The maximum atomic E-state index is 14.2. The highest BCUT2D eigenvalue weighted by atomic mass is 79.9. The number of hydrogen-bond donors (Lipinski definition) is 0. The molecule has 0 amide bonds. The highest BCUT2D eigenvalue weighted by Crippen LogP contribution is 2.27. The van der Waals surface area contributed by atoms with Gasteiger partial charge in [-0.25, -0.2) is 4.39 Å². The summed E-state index contributed by atoms with van der Waals surface area (Å²) < 4.78 is 20.7. The molecule has 3 rings (SSSR count). The van der Waals surface area contributed by atoms with Gasteiger partial charge in [-0.1, -0.05) is 64.5 Å². The molecule has 22 heavy (non-hydrogen) atoms. The molecule has 0 aliphatic carbocycles. The summed E-state index contributed by atoms with van der Waals surface area (Å²) in [5, 5.41) is 0. The highest BCUT2D eigenvalue weighted by molar-refractivity contribution is 9.10. The lowest BCUT2D eigenvalue weighted by atomic mass is 10.1. The van der Waals surface area contributed by atoms with E-state index in [2.05, 4.69) is 15.9 Å². The topological polar surface area (TPSA) is 9.23 Å². The zero-order valence-corrected chi connectivity index (χ0v) is 13.4. The fourth-order valence-electron chi connectivity index (χ4n) is 2.18. The summed E-state index contributed by atoms with van der Waals surface area (Å²) in [6.45, 7) is 0.357. The van der Waals surface area contributed by atoms with Gasteiger partial charge in [-0.05, 0) is 41.0 Å². The Morgan fingerprint density at radius 3 is 2.18 bits per heavy atom. The Labute approximate surface area is 137 Å². The molecule has 3 heteroatoms. The van der Waals surface area contributed by atoms with Crippen molar-refractivity contribution in [2.45, 2.75) is 6.61 Å². The minimum Gasteiger partial charge on any atom is -0.486 e. The number of rotatable bonds is 4. The van der Waals surface area contributed by atoms with E-state index in [0.717, 1.165) is 21.2 Å². The SMILES string of the molecule is Fc1cc(-c2ccc(Br)cc2)ccc1OCc1ccccc1. The molecule has 0 bridgehead atoms. The van der Waals surface area contributed by atoms with Crippen molar-refractivity contribution in [1.82, 2.24) is 0 Å². The van der Waals surface area contributed by atoms with Crippen LogP contribution in [0, 0.1) is 5.82 Å². The third-order valence-electron chi connectivity index (χ3n) is 3.35. The van der Waals surface area contributed by atoms with Crippen molar-refractivity contribution < 1.29 is 9.13 Å². The first kappa shape index (κ1) is 14.8. The zero-order chi connectivity index (χ0) is 15.4. The van der Waals surface area contributed by atoms with Crippen molar-refractivity contribution in [3.8, 4) is 16.9 Å². The Morgan fingerprint density at radius 2 is 1.50 bits per heavy atom. The molecule has 0 atom stereocenters. The Hall–Kier alpha value is -2.13. The van der Waals surface area contributed by atoms with E-state index in [0.29, 0.717) is 6.61 Å². The van der Waals surface area contributed by atoms with Gasteiger partial charge in [0.1, 0.15) is 6.61 Å². The van der Waals surface area contributed by atoms with Crippen LogP contribution in [0.5, 0.6) is 5.75 Å². The van der Waals surface area contributed by atoms with Crippen molar-refractivity contribution in [3.05, 3.63) is 88.6 Å². The van der Waals surface area contributed by atoms with Crippen molar-refractivity contribution in [3.63, 3.8) is 0 Å². The van der Waals surface area contributed by atoms with E-state index < -0.39 is 0 Å². The molecule has 0 radical (unpaired) electrons. The fourth-order valence-corrected chi connectivity index (χ4v) is 2.44. The lowest BCUT2D eigenvalue weighted by Crippen LogP contribution is -1.97. The molecule has 0 saturated carbocycles. The van der Waals surface area contributed by atoms with Gasteiger partial charge < -0.3 is 4.74 Å². The van der Waals surface area contributed by atoms with Crippen molar-refractivity contribution in [1.29, 1.82) is 0 Å². The van der Waals surface area contributed by atoms with Gasteiger partial charge in [-0.2, -0.15) is 0 Å². The predicted octanol–water partition coefficient (Wildman–Crippen LogP) is 5.83. The van der Waals surface area contributed by atoms with E-state index in [1.807, 2.05) is 60.7 Å². The molecule has 110 valence electrons. The van der Waals surface area contributed by atoms with E-state index in [4.69, 9.17) is 4.74 Å². The first-order valence-electron chi connectivity index (χ1n) is 6.94. The molecule has 0 heterocycles. The maximum Gasteiger partial charge on any atom is 0.165 e. The Balaban J connectivity index is 1.76. The Morgan fingerprint density at radius 1 is 0.818 bits per heavy atom. The summed E-state index contributed by atoms with van der Waals surface area (Å²) in [5.41, 5.74) is 2.81. The molecule has 0 fully saturated rings. The van der Waals surface area contributed by atoms with Crippen molar-refractivity contribution in [2.75, 3.05) is 0 Å². The van der Waals surface area contributed by atoms with Gasteiger partial charge in [0.2, 0.25) is 0 Å². The molecule has 3 aromatic carbocycles. The summed E-state index contributed by atoms with van der Waals surface area (Å²) in [6.07, 6.45) is 0. The van der Waals surface area contributed by atoms with Gasteiger partial charge in [0, 0.05) is 4.47 Å². The monoisotopic (exact) mass is 356 g/mol. The summed E-state index contributed by atoms with van der Waals surface area (Å²) in [6, 6.07) is 22.5. The fraction of sp³-hybridized carbons (Fsp3) is 0.0526. The van der Waals surface area contributed by atoms with Crippen LogP contribution in [0.25, 0.3) is 11.1 Å². The molecule has 1 nitrogen and oxygen atoms in total.